The summed E-state index contributed by atoms with van der Waals surface area (Å²) < 4.78 is 28.3. The van der Waals surface area contributed by atoms with Gasteiger partial charge in [-0.05, 0) is 25.5 Å². The highest BCUT2D eigenvalue weighted by Gasteiger charge is 2.34. The van der Waals surface area contributed by atoms with Crippen LogP contribution in [-0.2, 0) is 14.6 Å². The molecule has 1 N–H and O–H groups in total. The second kappa shape index (κ2) is 6.56. The van der Waals surface area contributed by atoms with Crippen molar-refractivity contribution >= 4 is 21.4 Å². The number of carbonyl (C=O) groups excluding carboxylic acids is 1. The number of likely N-dealkylation sites (N-methyl/N-ethyl adjacent to an activating group) is 1. The van der Waals surface area contributed by atoms with E-state index < -0.39 is 15.9 Å². The Morgan fingerprint density at radius 1 is 1.41 bits per heavy atom. The lowest BCUT2D eigenvalue weighted by Crippen LogP contribution is -2.45. The van der Waals surface area contributed by atoms with Gasteiger partial charge in [0.25, 0.3) is 0 Å². The maximum absolute atomic E-state index is 12.5. The second-order valence-electron chi connectivity index (χ2n) is 5.57. The topological polar surface area (TPSA) is 75.7 Å². The van der Waals surface area contributed by atoms with Gasteiger partial charge in [-0.3, -0.25) is 4.79 Å². The fraction of sp³-hybridized carbons (Fsp3) is 0.533. The van der Waals surface area contributed by atoms with Crippen LogP contribution in [0.1, 0.15) is 13.3 Å². The zero-order valence-electron chi connectivity index (χ0n) is 13.1. The fourth-order valence-corrected chi connectivity index (χ4v) is 4.40. The Bertz CT molecular complexity index is 645. The molecule has 0 unspecified atom stereocenters. The van der Waals surface area contributed by atoms with Crippen LogP contribution in [0, 0.1) is 0 Å². The highest BCUT2D eigenvalue weighted by molar-refractivity contribution is 7.91. The molecular weight excluding hydrogens is 304 g/mol. The summed E-state index contributed by atoms with van der Waals surface area (Å²) in [5.41, 5.74) is 0.735. The van der Waals surface area contributed by atoms with Gasteiger partial charge < -0.3 is 15.0 Å². The molecule has 1 saturated heterocycles. The molecule has 0 saturated carbocycles. The Hall–Kier alpha value is -1.76. The molecule has 1 aliphatic rings. The molecule has 1 fully saturated rings. The highest BCUT2D eigenvalue weighted by Crippen LogP contribution is 2.24. The first kappa shape index (κ1) is 16.6. The van der Waals surface area contributed by atoms with E-state index >= 15 is 0 Å². The molecule has 6 nitrogen and oxygen atoms in total. The minimum absolute atomic E-state index is 0.0522. The van der Waals surface area contributed by atoms with Crippen LogP contribution in [0.3, 0.4) is 0 Å². The molecule has 1 heterocycles. The summed E-state index contributed by atoms with van der Waals surface area (Å²) in [4.78, 5) is 14.0. The molecule has 122 valence electrons. The van der Waals surface area contributed by atoms with Gasteiger partial charge in [-0.15, -0.1) is 0 Å². The molecule has 0 radical (unpaired) electrons. The van der Waals surface area contributed by atoms with Gasteiger partial charge in [-0.25, -0.2) is 8.42 Å². The normalized spacial score (nSPS) is 21.1. The van der Waals surface area contributed by atoms with Gasteiger partial charge in [0.2, 0.25) is 5.91 Å². The molecule has 0 spiro atoms. The van der Waals surface area contributed by atoms with Gasteiger partial charge >= 0.3 is 0 Å². The molecular formula is C15H22N2O4S. The monoisotopic (exact) mass is 326 g/mol. The lowest BCUT2D eigenvalue weighted by atomic mass is 10.2. The number of nitrogens with one attached hydrogen (secondary N) is 1. The first-order chi connectivity index (χ1) is 10.3. The number of amides is 1. The molecule has 1 amide bonds. The largest absolute Gasteiger partial charge is 0.495 e. The maximum atomic E-state index is 12.5. The average Bonchev–Trinajstić information content (AvgIpc) is 2.86. The van der Waals surface area contributed by atoms with Crippen molar-refractivity contribution in [2.75, 3.05) is 31.0 Å². The third-order valence-electron chi connectivity index (χ3n) is 3.95. The van der Waals surface area contributed by atoms with E-state index in [1.54, 1.807) is 21.1 Å². The van der Waals surface area contributed by atoms with E-state index in [-0.39, 0.29) is 23.5 Å². The highest BCUT2D eigenvalue weighted by atomic mass is 32.2. The van der Waals surface area contributed by atoms with Crippen LogP contribution in [0.15, 0.2) is 24.3 Å². The summed E-state index contributed by atoms with van der Waals surface area (Å²) in [6.45, 7) is 1.76. The van der Waals surface area contributed by atoms with E-state index in [2.05, 4.69) is 5.32 Å². The molecule has 7 heteroatoms. The molecule has 1 aliphatic heterocycles. The first-order valence-corrected chi connectivity index (χ1v) is 9.03. The van der Waals surface area contributed by atoms with Gasteiger partial charge in [-0.2, -0.15) is 0 Å². The number of para-hydroxylation sites is 2. The van der Waals surface area contributed by atoms with Crippen molar-refractivity contribution in [2.45, 2.75) is 25.4 Å². The zero-order chi connectivity index (χ0) is 16.3. The lowest BCUT2D eigenvalue weighted by molar-refractivity contribution is -0.132. The van der Waals surface area contributed by atoms with Crippen molar-refractivity contribution in [1.82, 2.24) is 4.90 Å². The maximum Gasteiger partial charge on any atom is 0.244 e. The minimum Gasteiger partial charge on any atom is -0.495 e. The van der Waals surface area contributed by atoms with Crippen LogP contribution >= 0.6 is 0 Å². The third kappa shape index (κ3) is 3.71. The van der Waals surface area contributed by atoms with E-state index in [9.17, 15) is 13.2 Å². The van der Waals surface area contributed by atoms with Crippen LogP contribution < -0.4 is 10.1 Å². The summed E-state index contributed by atoms with van der Waals surface area (Å²) in [7, 11) is 0.229. The van der Waals surface area contributed by atoms with Crippen molar-refractivity contribution in [3.63, 3.8) is 0 Å². The summed E-state index contributed by atoms with van der Waals surface area (Å²) in [5.74, 6) is 0.737. The van der Waals surface area contributed by atoms with Crippen molar-refractivity contribution in [1.29, 1.82) is 0 Å². The van der Waals surface area contributed by atoms with Crippen LogP contribution in [-0.4, -0.2) is 57.0 Å². The Morgan fingerprint density at radius 2 is 2.09 bits per heavy atom. The van der Waals surface area contributed by atoms with Gasteiger partial charge in [0.15, 0.2) is 9.84 Å². The molecule has 0 aromatic heterocycles. The second-order valence-corrected chi connectivity index (χ2v) is 7.80. The smallest absolute Gasteiger partial charge is 0.244 e. The van der Waals surface area contributed by atoms with Gasteiger partial charge in [0, 0.05) is 13.1 Å². The fourth-order valence-electron chi connectivity index (χ4n) is 2.63. The van der Waals surface area contributed by atoms with Crippen LogP contribution in [0.5, 0.6) is 5.75 Å². The lowest BCUT2D eigenvalue weighted by Gasteiger charge is -2.27. The molecule has 0 bridgehead atoms. The van der Waals surface area contributed by atoms with Crippen molar-refractivity contribution < 1.29 is 17.9 Å². The van der Waals surface area contributed by atoms with E-state index in [0.29, 0.717) is 12.2 Å². The zero-order valence-corrected chi connectivity index (χ0v) is 13.9. The van der Waals surface area contributed by atoms with E-state index in [0.717, 1.165) is 5.69 Å². The number of sulfone groups is 1. The van der Waals surface area contributed by atoms with Crippen molar-refractivity contribution in [2.24, 2.45) is 0 Å². The van der Waals surface area contributed by atoms with E-state index in [4.69, 9.17) is 4.74 Å². The Morgan fingerprint density at radius 3 is 2.68 bits per heavy atom. The Balaban J connectivity index is 2.03. The number of benzene rings is 1. The van der Waals surface area contributed by atoms with Crippen LogP contribution in [0.2, 0.25) is 0 Å². The molecule has 0 aliphatic carbocycles. The molecule has 22 heavy (non-hydrogen) atoms. The molecule has 1 aromatic rings. The van der Waals surface area contributed by atoms with E-state index in [1.165, 1.54) is 4.90 Å². The van der Waals surface area contributed by atoms with Crippen molar-refractivity contribution in [3.05, 3.63) is 24.3 Å². The standard InChI is InChI=1S/C15H22N2O4S/c1-11(16-13-6-4-5-7-14(13)21-3)15(18)17(2)12-8-9-22(19,20)10-12/h4-7,11-12,16H,8-10H2,1-3H3/t11-,12+/m0/s1. The van der Waals surface area contributed by atoms with Crippen LogP contribution in [0.4, 0.5) is 5.69 Å². The number of carbonyl (C=O) groups is 1. The number of hydrogen-bond donors (Lipinski definition) is 1. The average molecular weight is 326 g/mol. The Labute approximate surface area is 131 Å². The van der Waals surface area contributed by atoms with Gasteiger partial charge in [0.05, 0.1) is 24.3 Å². The van der Waals surface area contributed by atoms with Crippen LogP contribution in [0.25, 0.3) is 0 Å². The molecule has 1 aromatic carbocycles. The number of methoxy groups -OCH3 is 1. The first-order valence-electron chi connectivity index (χ1n) is 7.20. The van der Waals surface area contributed by atoms with E-state index in [1.807, 2.05) is 24.3 Å². The van der Waals surface area contributed by atoms with Gasteiger partial charge in [0.1, 0.15) is 11.8 Å². The third-order valence-corrected chi connectivity index (χ3v) is 5.70. The van der Waals surface area contributed by atoms with Gasteiger partial charge in [-0.1, -0.05) is 12.1 Å². The number of nitrogens with zero attached hydrogens (tertiary/aromatic N) is 1. The summed E-state index contributed by atoms with van der Waals surface area (Å²) in [5, 5.41) is 3.12. The quantitative estimate of drug-likeness (QED) is 0.878. The SMILES string of the molecule is COc1ccccc1N[C@@H](C)C(=O)N(C)[C@@H]1CCS(=O)(=O)C1. The summed E-state index contributed by atoms with van der Waals surface area (Å²) in [6, 6.07) is 6.65. The minimum atomic E-state index is -3.00. The summed E-state index contributed by atoms with van der Waals surface area (Å²) in [6.07, 6.45) is 0.506. The predicted octanol–water partition coefficient (Wildman–Crippen LogP) is 1.14. The number of rotatable bonds is 5. The molecule has 2 rings (SSSR count). The number of ether oxygens (including phenoxy) is 1. The number of hydrogen-bond acceptors (Lipinski definition) is 5. The predicted molar refractivity (Wildman–Crippen MR) is 85.9 cm³/mol. The Kier molecular flexibility index (Phi) is 4.95. The summed E-state index contributed by atoms with van der Waals surface area (Å²) >= 11 is 0. The van der Waals surface area contributed by atoms with Crippen molar-refractivity contribution in [3.8, 4) is 5.75 Å². The number of anilines is 1. The molecule has 2 atom stereocenters.